The van der Waals surface area contributed by atoms with Crippen LogP contribution in [0.25, 0.3) is 5.69 Å². The number of nitrogens with zero attached hydrogens (tertiary/aromatic N) is 3. The molecular weight excluding hydrogens is 454 g/mol. The minimum absolute atomic E-state index is 0.00774. The number of rotatable bonds is 3. The van der Waals surface area contributed by atoms with Crippen molar-refractivity contribution in [3.63, 3.8) is 0 Å². The summed E-state index contributed by atoms with van der Waals surface area (Å²) in [6, 6.07) is 15.5. The topological polar surface area (TPSA) is 47.4 Å². The van der Waals surface area contributed by atoms with Crippen molar-refractivity contribution in [3.8, 4) is 5.69 Å². The molecule has 3 aromatic rings. The molecule has 1 atom stereocenters. The van der Waals surface area contributed by atoms with Gasteiger partial charge in [0.15, 0.2) is 0 Å². The van der Waals surface area contributed by atoms with E-state index in [1.807, 2.05) is 67.3 Å². The lowest BCUT2D eigenvalue weighted by Crippen LogP contribution is -2.42. The summed E-state index contributed by atoms with van der Waals surface area (Å²) in [6.45, 7) is 5.45. The standard InChI is InChI=1S/C22H21BrClN3O2/c1-14-21(24)15(2)27(25-14)19-9-5-17(6-10-19)22(28)26-11-12-29-20(13-26)16-3-7-18(23)8-4-16/h3-10,20H,11-13H2,1-2H3. The van der Waals surface area contributed by atoms with E-state index in [-0.39, 0.29) is 12.0 Å². The first-order chi connectivity index (χ1) is 13.9. The van der Waals surface area contributed by atoms with Crippen molar-refractivity contribution in [2.24, 2.45) is 0 Å². The first kappa shape index (κ1) is 20.1. The number of aryl methyl sites for hydroxylation is 1. The monoisotopic (exact) mass is 473 g/mol. The molecule has 7 heteroatoms. The van der Waals surface area contributed by atoms with Gasteiger partial charge in [0.05, 0.1) is 35.2 Å². The van der Waals surface area contributed by atoms with Gasteiger partial charge in [-0.15, -0.1) is 0 Å². The Morgan fingerprint density at radius 3 is 2.45 bits per heavy atom. The number of carbonyl (C=O) groups excluding carboxylic acids is 1. The van der Waals surface area contributed by atoms with Gasteiger partial charge in [0.1, 0.15) is 6.10 Å². The molecule has 1 amide bonds. The van der Waals surface area contributed by atoms with Crippen molar-refractivity contribution in [3.05, 3.63) is 80.5 Å². The molecule has 0 N–H and O–H groups in total. The zero-order valence-electron chi connectivity index (χ0n) is 16.2. The van der Waals surface area contributed by atoms with Crippen LogP contribution in [0.15, 0.2) is 53.0 Å². The highest BCUT2D eigenvalue weighted by atomic mass is 79.9. The maximum absolute atomic E-state index is 13.0. The van der Waals surface area contributed by atoms with Crippen LogP contribution >= 0.6 is 27.5 Å². The van der Waals surface area contributed by atoms with E-state index in [0.29, 0.717) is 30.3 Å². The minimum Gasteiger partial charge on any atom is -0.370 e. The van der Waals surface area contributed by atoms with Crippen molar-refractivity contribution in [2.45, 2.75) is 20.0 Å². The molecule has 29 heavy (non-hydrogen) atoms. The van der Waals surface area contributed by atoms with Gasteiger partial charge in [-0.3, -0.25) is 4.79 Å². The van der Waals surface area contributed by atoms with Gasteiger partial charge in [-0.2, -0.15) is 5.10 Å². The summed E-state index contributed by atoms with van der Waals surface area (Å²) in [5.74, 6) is 0.00774. The fraction of sp³-hybridized carbons (Fsp3) is 0.273. The molecule has 5 nitrogen and oxygen atoms in total. The van der Waals surface area contributed by atoms with E-state index in [0.717, 1.165) is 27.1 Å². The summed E-state index contributed by atoms with van der Waals surface area (Å²) in [5, 5.41) is 5.13. The number of halogens is 2. The highest BCUT2D eigenvalue weighted by Crippen LogP contribution is 2.26. The van der Waals surface area contributed by atoms with Crippen LogP contribution in [0.4, 0.5) is 0 Å². The van der Waals surface area contributed by atoms with Crippen LogP contribution < -0.4 is 0 Å². The molecule has 0 spiro atoms. The van der Waals surface area contributed by atoms with Crippen LogP contribution in [-0.2, 0) is 4.74 Å². The third-order valence-corrected chi connectivity index (χ3v) is 6.23. The Kier molecular flexibility index (Phi) is 5.76. The second-order valence-electron chi connectivity index (χ2n) is 7.11. The molecule has 1 aliphatic rings. The van der Waals surface area contributed by atoms with Crippen molar-refractivity contribution < 1.29 is 9.53 Å². The molecule has 0 saturated carbocycles. The second-order valence-corrected chi connectivity index (χ2v) is 8.40. The zero-order chi connectivity index (χ0) is 20.5. The molecular formula is C22H21BrClN3O2. The minimum atomic E-state index is -0.114. The number of benzene rings is 2. The summed E-state index contributed by atoms with van der Waals surface area (Å²) in [5.41, 5.74) is 4.27. The van der Waals surface area contributed by atoms with E-state index in [1.54, 1.807) is 4.68 Å². The lowest BCUT2D eigenvalue weighted by Gasteiger charge is -2.33. The Hall–Kier alpha value is -2.15. The Bertz CT molecular complexity index is 1030. The number of aromatic nitrogens is 2. The quantitative estimate of drug-likeness (QED) is 0.529. The van der Waals surface area contributed by atoms with Crippen molar-refractivity contribution >= 4 is 33.4 Å². The van der Waals surface area contributed by atoms with E-state index >= 15 is 0 Å². The first-order valence-electron chi connectivity index (χ1n) is 9.42. The van der Waals surface area contributed by atoms with E-state index in [9.17, 15) is 4.79 Å². The summed E-state index contributed by atoms with van der Waals surface area (Å²) in [7, 11) is 0. The molecule has 0 bridgehead atoms. The van der Waals surface area contributed by atoms with Crippen LogP contribution in [0.5, 0.6) is 0 Å². The van der Waals surface area contributed by atoms with Crippen molar-refractivity contribution in [2.75, 3.05) is 19.7 Å². The largest absolute Gasteiger partial charge is 0.370 e. The number of hydrogen-bond acceptors (Lipinski definition) is 3. The fourth-order valence-corrected chi connectivity index (χ4v) is 3.90. The maximum atomic E-state index is 13.0. The molecule has 0 aliphatic carbocycles. The van der Waals surface area contributed by atoms with E-state index in [1.165, 1.54) is 0 Å². The summed E-state index contributed by atoms with van der Waals surface area (Å²) >= 11 is 9.69. The number of amides is 1. The number of morpholine rings is 1. The van der Waals surface area contributed by atoms with E-state index in [4.69, 9.17) is 16.3 Å². The summed E-state index contributed by atoms with van der Waals surface area (Å²) < 4.78 is 8.71. The normalized spacial score (nSPS) is 16.8. The van der Waals surface area contributed by atoms with Gasteiger partial charge in [0.25, 0.3) is 5.91 Å². The van der Waals surface area contributed by atoms with Gasteiger partial charge >= 0.3 is 0 Å². The Labute approximate surface area is 183 Å². The zero-order valence-corrected chi connectivity index (χ0v) is 18.6. The number of hydrogen-bond donors (Lipinski definition) is 0. The van der Waals surface area contributed by atoms with Crippen LogP contribution in [0.2, 0.25) is 5.02 Å². The molecule has 2 aromatic carbocycles. The molecule has 4 rings (SSSR count). The second kappa shape index (κ2) is 8.30. The predicted molar refractivity (Wildman–Crippen MR) is 117 cm³/mol. The summed E-state index contributed by atoms with van der Waals surface area (Å²) in [4.78, 5) is 14.9. The molecule has 0 radical (unpaired) electrons. The molecule has 1 aromatic heterocycles. The number of carbonyl (C=O) groups is 1. The molecule has 1 unspecified atom stereocenters. The average molecular weight is 475 g/mol. The van der Waals surface area contributed by atoms with E-state index < -0.39 is 0 Å². The Morgan fingerprint density at radius 2 is 1.83 bits per heavy atom. The van der Waals surface area contributed by atoms with Gasteiger partial charge in [-0.25, -0.2) is 4.68 Å². The van der Waals surface area contributed by atoms with Crippen molar-refractivity contribution in [1.82, 2.24) is 14.7 Å². The molecule has 150 valence electrons. The van der Waals surface area contributed by atoms with Gasteiger partial charge in [0.2, 0.25) is 0 Å². The number of ether oxygens (including phenoxy) is 1. The Morgan fingerprint density at radius 1 is 1.14 bits per heavy atom. The van der Waals surface area contributed by atoms with Crippen LogP contribution in [-0.4, -0.2) is 40.3 Å². The molecule has 1 aliphatic heterocycles. The van der Waals surface area contributed by atoms with E-state index in [2.05, 4.69) is 21.0 Å². The third-order valence-electron chi connectivity index (χ3n) is 5.16. The highest BCUT2D eigenvalue weighted by Gasteiger charge is 2.26. The van der Waals surface area contributed by atoms with Gasteiger partial charge in [0, 0.05) is 16.6 Å². The van der Waals surface area contributed by atoms with Crippen molar-refractivity contribution in [1.29, 1.82) is 0 Å². The molecule has 2 heterocycles. The van der Waals surface area contributed by atoms with Gasteiger partial charge in [-0.1, -0.05) is 39.7 Å². The average Bonchev–Trinajstić information content (AvgIpc) is 3.01. The molecule has 1 fully saturated rings. The maximum Gasteiger partial charge on any atom is 0.254 e. The lowest BCUT2D eigenvalue weighted by atomic mass is 10.1. The van der Waals surface area contributed by atoms with Crippen LogP contribution in [0.1, 0.15) is 33.4 Å². The van der Waals surface area contributed by atoms with Crippen LogP contribution in [0, 0.1) is 13.8 Å². The Balaban J connectivity index is 1.50. The smallest absolute Gasteiger partial charge is 0.254 e. The fourth-order valence-electron chi connectivity index (χ4n) is 3.52. The highest BCUT2D eigenvalue weighted by molar-refractivity contribution is 9.10. The molecule has 1 saturated heterocycles. The van der Waals surface area contributed by atoms with Gasteiger partial charge < -0.3 is 9.64 Å². The predicted octanol–water partition coefficient (Wildman–Crippen LogP) is 5.12. The third kappa shape index (κ3) is 4.10. The first-order valence-corrected chi connectivity index (χ1v) is 10.6. The van der Waals surface area contributed by atoms with Gasteiger partial charge in [-0.05, 0) is 55.8 Å². The van der Waals surface area contributed by atoms with Crippen LogP contribution in [0.3, 0.4) is 0 Å². The lowest BCUT2D eigenvalue weighted by molar-refractivity contribution is -0.0228. The summed E-state index contributed by atoms with van der Waals surface area (Å²) in [6.07, 6.45) is -0.114. The SMILES string of the molecule is Cc1nn(-c2ccc(C(=O)N3CCOC(c4ccc(Br)cc4)C3)cc2)c(C)c1Cl.